The fourth-order valence-corrected chi connectivity index (χ4v) is 0.978. The molecule has 3 nitrogen and oxygen atoms in total. The number of hydrogen-bond donors (Lipinski definition) is 1. The second-order valence-corrected chi connectivity index (χ2v) is 2.06. The summed E-state index contributed by atoms with van der Waals surface area (Å²) in [6, 6.07) is 0. The van der Waals surface area contributed by atoms with Crippen LogP contribution >= 0.6 is 0 Å². The lowest BCUT2D eigenvalue weighted by Gasteiger charge is -2.24. The Morgan fingerprint density at radius 1 is 1.56 bits per heavy atom. The van der Waals surface area contributed by atoms with Crippen LogP contribution in [0.15, 0.2) is 24.9 Å². The molecule has 1 atom stereocenters. The molecule has 2 heterocycles. The van der Waals surface area contributed by atoms with Crippen LogP contribution in [0.25, 0.3) is 0 Å². The summed E-state index contributed by atoms with van der Waals surface area (Å²) in [6.07, 6.45) is 7.85. The zero-order valence-corrected chi connectivity index (χ0v) is 4.95. The number of fused-ring (bicyclic) bond motifs is 1. The predicted molar refractivity (Wildman–Crippen MR) is 33.0 cm³/mol. The van der Waals surface area contributed by atoms with Crippen LogP contribution in [0, 0.1) is 0 Å². The molecule has 9 heavy (non-hydrogen) atoms. The van der Waals surface area contributed by atoms with Crippen molar-refractivity contribution in [3.8, 4) is 0 Å². The summed E-state index contributed by atoms with van der Waals surface area (Å²) in [7, 11) is 0. The Morgan fingerprint density at radius 2 is 2.56 bits per heavy atom. The van der Waals surface area contributed by atoms with Gasteiger partial charge in [0.15, 0.2) is 0 Å². The summed E-state index contributed by atoms with van der Waals surface area (Å²) in [4.78, 5) is 2.07. The van der Waals surface area contributed by atoms with Crippen molar-refractivity contribution in [2.75, 3.05) is 6.61 Å². The summed E-state index contributed by atoms with van der Waals surface area (Å²) >= 11 is 0. The van der Waals surface area contributed by atoms with E-state index in [1.807, 2.05) is 18.6 Å². The van der Waals surface area contributed by atoms with Crippen molar-refractivity contribution in [3.63, 3.8) is 0 Å². The minimum Gasteiger partial charge on any atom is -0.496 e. The Balaban J connectivity index is 2.17. The molecule has 1 N–H and O–H groups in total. The minimum absolute atomic E-state index is 0.329. The van der Waals surface area contributed by atoms with Crippen LogP contribution < -0.4 is 5.32 Å². The monoisotopic (exact) mass is 124 g/mol. The van der Waals surface area contributed by atoms with Crippen LogP contribution in [0.4, 0.5) is 0 Å². The lowest BCUT2D eigenvalue weighted by molar-refractivity contribution is 0.139. The first kappa shape index (κ1) is 4.73. The van der Waals surface area contributed by atoms with Crippen molar-refractivity contribution in [2.24, 2.45) is 0 Å². The van der Waals surface area contributed by atoms with E-state index in [-0.39, 0.29) is 0 Å². The standard InChI is InChI=1S/C6H8N2O/c1-2-8-3-4-9-5-6(8)7-1/h1-4,6-7H,5H2. The average molecular weight is 124 g/mol. The normalized spacial score (nSPS) is 29.3. The van der Waals surface area contributed by atoms with Gasteiger partial charge in [-0.1, -0.05) is 0 Å². The highest BCUT2D eigenvalue weighted by molar-refractivity contribution is 5.01. The van der Waals surface area contributed by atoms with Gasteiger partial charge in [0.05, 0.1) is 6.26 Å². The van der Waals surface area contributed by atoms with E-state index in [1.54, 1.807) is 6.26 Å². The number of ether oxygens (including phenoxy) is 1. The van der Waals surface area contributed by atoms with Crippen LogP contribution in [0.3, 0.4) is 0 Å². The highest BCUT2D eigenvalue weighted by Gasteiger charge is 2.18. The van der Waals surface area contributed by atoms with Crippen LogP contribution in [-0.2, 0) is 4.74 Å². The third-order valence-electron chi connectivity index (χ3n) is 1.48. The van der Waals surface area contributed by atoms with Crippen LogP contribution in [0.2, 0.25) is 0 Å². The number of nitrogens with zero attached hydrogens (tertiary/aromatic N) is 1. The van der Waals surface area contributed by atoms with Crippen molar-refractivity contribution in [2.45, 2.75) is 6.17 Å². The van der Waals surface area contributed by atoms with Gasteiger partial charge in [-0.05, 0) is 0 Å². The first-order valence-electron chi connectivity index (χ1n) is 2.95. The second kappa shape index (κ2) is 1.69. The van der Waals surface area contributed by atoms with Crippen molar-refractivity contribution in [1.29, 1.82) is 0 Å². The molecule has 0 aromatic carbocycles. The quantitative estimate of drug-likeness (QED) is 0.499. The Hall–Kier alpha value is -1.12. The SMILES string of the molecule is C1=CN2C=COCC2N1. The van der Waals surface area contributed by atoms with Gasteiger partial charge in [0.1, 0.15) is 12.8 Å². The molecule has 2 rings (SSSR count). The van der Waals surface area contributed by atoms with E-state index in [9.17, 15) is 0 Å². The summed E-state index contributed by atoms with van der Waals surface area (Å²) in [5.41, 5.74) is 0. The highest BCUT2D eigenvalue weighted by atomic mass is 16.5. The summed E-state index contributed by atoms with van der Waals surface area (Å²) in [6.45, 7) is 0.726. The van der Waals surface area contributed by atoms with E-state index in [0.29, 0.717) is 6.17 Å². The summed E-state index contributed by atoms with van der Waals surface area (Å²) in [5, 5.41) is 3.13. The molecule has 48 valence electrons. The minimum atomic E-state index is 0.329. The molecule has 0 saturated carbocycles. The van der Waals surface area contributed by atoms with Gasteiger partial charge in [0.2, 0.25) is 0 Å². The molecule has 0 fully saturated rings. The van der Waals surface area contributed by atoms with E-state index in [4.69, 9.17) is 4.74 Å². The fraction of sp³-hybridized carbons (Fsp3) is 0.333. The maximum absolute atomic E-state index is 5.06. The molecule has 0 amide bonds. The maximum Gasteiger partial charge on any atom is 0.137 e. The van der Waals surface area contributed by atoms with Crippen LogP contribution in [0.5, 0.6) is 0 Å². The van der Waals surface area contributed by atoms with E-state index in [1.165, 1.54) is 0 Å². The van der Waals surface area contributed by atoms with E-state index < -0.39 is 0 Å². The molecule has 2 aliphatic heterocycles. The lowest BCUT2D eigenvalue weighted by Crippen LogP contribution is -2.37. The van der Waals surface area contributed by atoms with Crippen molar-refractivity contribution < 1.29 is 4.74 Å². The average Bonchev–Trinajstić information content (AvgIpc) is 2.33. The van der Waals surface area contributed by atoms with Crippen molar-refractivity contribution in [3.05, 3.63) is 24.9 Å². The first-order valence-corrected chi connectivity index (χ1v) is 2.95. The van der Waals surface area contributed by atoms with Gasteiger partial charge in [-0.3, -0.25) is 0 Å². The Bertz CT molecular complexity index is 164. The van der Waals surface area contributed by atoms with Gasteiger partial charge in [-0.15, -0.1) is 0 Å². The molecular formula is C6H8N2O. The zero-order valence-electron chi connectivity index (χ0n) is 4.95. The highest BCUT2D eigenvalue weighted by Crippen LogP contribution is 2.09. The predicted octanol–water partition coefficient (Wildman–Crippen LogP) is 0.190. The van der Waals surface area contributed by atoms with Crippen molar-refractivity contribution >= 4 is 0 Å². The molecule has 0 aromatic rings. The molecule has 0 bridgehead atoms. The molecular weight excluding hydrogens is 116 g/mol. The number of rotatable bonds is 0. The molecule has 0 aromatic heterocycles. The van der Waals surface area contributed by atoms with Gasteiger partial charge in [0.25, 0.3) is 0 Å². The third kappa shape index (κ3) is 0.650. The van der Waals surface area contributed by atoms with E-state index in [2.05, 4.69) is 10.2 Å². The number of nitrogens with one attached hydrogen (secondary N) is 1. The van der Waals surface area contributed by atoms with Crippen LogP contribution in [0.1, 0.15) is 0 Å². The van der Waals surface area contributed by atoms with Gasteiger partial charge < -0.3 is 15.0 Å². The Labute approximate surface area is 53.6 Å². The molecule has 2 aliphatic rings. The zero-order chi connectivity index (χ0) is 6.10. The van der Waals surface area contributed by atoms with Gasteiger partial charge in [0, 0.05) is 18.6 Å². The fourth-order valence-electron chi connectivity index (χ4n) is 0.978. The maximum atomic E-state index is 5.06. The number of hydrogen-bond acceptors (Lipinski definition) is 3. The first-order chi connectivity index (χ1) is 4.47. The Morgan fingerprint density at radius 3 is 3.44 bits per heavy atom. The summed E-state index contributed by atoms with van der Waals surface area (Å²) in [5.74, 6) is 0. The molecule has 0 aliphatic carbocycles. The van der Waals surface area contributed by atoms with Crippen LogP contribution in [-0.4, -0.2) is 17.7 Å². The molecule has 0 spiro atoms. The molecule has 1 unspecified atom stereocenters. The third-order valence-corrected chi connectivity index (χ3v) is 1.48. The smallest absolute Gasteiger partial charge is 0.137 e. The molecule has 0 saturated heterocycles. The van der Waals surface area contributed by atoms with Gasteiger partial charge >= 0.3 is 0 Å². The molecule has 0 radical (unpaired) electrons. The van der Waals surface area contributed by atoms with Gasteiger partial charge in [-0.2, -0.15) is 0 Å². The second-order valence-electron chi connectivity index (χ2n) is 2.06. The lowest BCUT2D eigenvalue weighted by atomic mass is 10.5. The largest absolute Gasteiger partial charge is 0.496 e. The van der Waals surface area contributed by atoms with E-state index in [0.717, 1.165) is 6.61 Å². The summed E-state index contributed by atoms with van der Waals surface area (Å²) < 4.78 is 5.06. The Kier molecular flexibility index (Phi) is 0.886. The van der Waals surface area contributed by atoms with Crippen molar-refractivity contribution in [1.82, 2.24) is 10.2 Å². The van der Waals surface area contributed by atoms with Gasteiger partial charge in [-0.25, -0.2) is 0 Å². The molecule has 3 heteroatoms. The topological polar surface area (TPSA) is 24.5 Å². The van der Waals surface area contributed by atoms with E-state index >= 15 is 0 Å².